The predicted octanol–water partition coefficient (Wildman–Crippen LogP) is 1.53. The quantitative estimate of drug-likeness (QED) is 0.320. The molecule has 9 nitrogen and oxygen atoms in total. The Hall–Kier alpha value is -3.01. The van der Waals surface area contributed by atoms with E-state index < -0.39 is 0 Å². The monoisotopic (exact) mass is 389 g/mol. The second kappa shape index (κ2) is 7.70. The maximum atomic E-state index is 11.7. The number of aromatic nitrogens is 3. The number of aliphatic hydroxyl groups excluding tert-OH is 1. The lowest BCUT2D eigenvalue weighted by Crippen LogP contribution is -2.29. The average Bonchev–Trinajstić information content (AvgIpc) is 3.21. The SMILES string of the molecule is CC(=O)Nc1cc(Cl)cc2c1c(-c1cn[nH]c1)cn2/C(N)=C/N(N)CCO. The van der Waals surface area contributed by atoms with Crippen LogP contribution in [0.25, 0.3) is 27.9 Å². The molecule has 0 aliphatic carbocycles. The zero-order chi connectivity index (χ0) is 19.6. The van der Waals surface area contributed by atoms with E-state index in [1.807, 2.05) is 6.20 Å². The fourth-order valence-electron chi connectivity index (χ4n) is 2.86. The minimum atomic E-state index is -0.218. The van der Waals surface area contributed by atoms with E-state index in [1.165, 1.54) is 18.1 Å². The molecule has 7 N–H and O–H groups in total. The van der Waals surface area contributed by atoms with Crippen molar-refractivity contribution < 1.29 is 9.90 Å². The van der Waals surface area contributed by atoms with Crippen LogP contribution in [0.1, 0.15) is 6.92 Å². The number of hydrazine groups is 1. The highest BCUT2D eigenvalue weighted by molar-refractivity contribution is 6.32. The number of anilines is 1. The Bertz CT molecular complexity index is 995. The van der Waals surface area contributed by atoms with Gasteiger partial charge in [-0.25, -0.2) is 5.84 Å². The van der Waals surface area contributed by atoms with Crippen molar-refractivity contribution in [1.82, 2.24) is 19.8 Å². The molecule has 142 valence electrons. The van der Waals surface area contributed by atoms with Crippen LogP contribution < -0.4 is 16.9 Å². The van der Waals surface area contributed by atoms with Gasteiger partial charge in [0.05, 0.1) is 36.8 Å². The van der Waals surface area contributed by atoms with E-state index in [0.29, 0.717) is 22.0 Å². The lowest BCUT2D eigenvalue weighted by Gasteiger charge is -2.14. The van der Waals surface area contributed by atoms with Gasteiger partial charge in [0.25, 0.3) is 0 Å². The molecule has 1 amide bonds. The Balaban J connectivity index is 2.26. The van der Waals surface area contributed by atoms with Crippen molar-refractivity contribution >= 4 is 39.9 Å². The van der Waals surface area contributed by atoms with Gasteiger partial charge in [-0.1, -0.05) is 11.6 Å². The second-order valence-electron chi connectivity index (χ2n) is 5.94. The molecule has 0 unspecified atom stereocenters. The van der Waals surface area contributed by atoms with Crippen molar-refractivity contribution in [2.45, 2.75) is 6.92 Å². The molecule has 3 aromatic rings. The van der Waals surface area contributed by atoms with Crippen molar-refractivity contribution in [3.63, 3.8) is 0 Å². The van der Waals surface area contributed by atoms with Gasteiger partial charge >= 0.3 is 0 Å². The number of amides is 1. The maximum Gasteiger partial charge on any atom is 0.221 e. The van der Waals surface area contributed by atoms with Crippen molar-refractivity contribution in [2.24, 2.45) is 11.6 Å². The number of fused-ring (bicyclic) bond motifs is 1. The first-order valence-electron chi connectivity index (χ1n) is 8.12. The Morgan fingerprint density at radius 2 is 2.30 bits per heavy atom. The standard InChI is InChI=1S/C17H20ClN7O2/c1-10(27)23-14-4-12(18)5-15-17(14)13(11-6-21-22-7-11)8-25(15)16(19)9-24(20)2-3-26/h4-9,26H,2-3,19-20H2,1H3,(H,21,22)(H,23,27)/b16-9+. The number of H-pyrrole nitrogens is 1. The van der Waals surface area contributed by atoms with Crippen LogP contribution in [-0.4, -0.2) is 43.9 Å². The van der Waals surface area contributed by atoms with Crippen LogP contribution in [0.4, 0.5) is 5.69 Å². The molecule has 0 spiro atoms. The molecule has 0 bridgehead atoms. The zero-order valence-electron chi connectivity index (χ0n) is 14.6. The van der Waals surface area contributed by atoms with Gasteiger partial charge in [0, 0.05) is 40.9 Å². The summed E-state index contributed by atoms with van der Waals surface area (Å²) in [5.74, 6) is 5.90. The summed E-state index contributed by atoms with van der Waals surface area (Å²) in [5.41, 5.74) is 9.11. The van der Waals surface area contributed by atoms with Gasteiger partial charge in [0.15, 0.2) is 0 Å². The first-order chi connectivity index (χ1) is 12.9. The number of halogens is 1. The molecule has 2 aromatic heterocycles. The Morgan fingerprint density at radius 1 is 1.52 bits per heavy atom. The van der Waals surface area contributed by atoms with Crippen molar-refractivity contribution in [2.75, 3.05) is 18.5 Å². The largest absolute Gasteiger partial charge is 0.394 e. The highest BCUT2D eigenvalue weighted by atomic mass is 35.5. The number of aliphatic hydroxyl groups is 1. The number of carbonyl (C=O) groups excluding carboxylic acids is 1. The van der Waals surface area contributed by atoms with Crippen molar-refractivity contribution in [1.29, 1.82) is 0 Å². The second-order valence-corrected chi connectivity index (χ2v) is 6.38. The van der Waals surface area contributed by atoms with E-state index in [-0.39, 0.29) is 19.1 Å². The van der Waals surface area contributed by atoms with Crippen LogP contribution >= 0.6 is 11.6 Å². The molecule has 0 aliphatic rings. The lowest BCUT2D eigenvalue weighted by molar-refractivity contribution is -0.114. The van der Waals surface area contributed by atoms with E-state index in [4.69, 9.17) is 28.3 Å². The first kappa shape index (κ1) is 18.8. The van der Waals surface area contributed by atoms with Gasteiger partial charge in [-0.05, 0) is 12.1 Å². The van der Waals surface area contributed by atoms with E-state index in [9.17, 15) is 4.79 Å². The molecule has 1 aromatic carbocycles. The number of nitrogens with two attached hydrogens (primary N) is 2. The molecule has 3 rings (SSSR count). The van der Waals surface area contributed by atoms with Crippen LogP contribution in [0.2, 0.25) is 5.02 Å². The topological polar surface area (TPSA) is 138 Å². The van der Waals surface area contributed by atoms with E-state index in [1.54, 1.807) is 29.1 Å². The van der Waals surface area contributed by atoms with Gasteiger partial charge in [-0.2, -0.15) is 5.10 Å². The molecule has 0 aliphatic heterocycles. The predicted molar refractivity (Wildman–Crippen MR) is 105 cm³/mol. The number of hydrogen-bond acceptors (Lipinski definition) is 6. The number of aromatic amines is 1. The maximum absolute atomic E-state index is 11.7. The molecule has 0 fully saturated rings. The number of hydrogen-bond donors (Lipinski definition) is 5. The molecule has 0 radical (unpaired) electrons. The molecule has 27 heavy (non-hydrogen) atoms. The van der Waals surface area contributed by atoms with Crippen molar-refractivity contribution in [3.8, 4) is 11.1 Å². The summed E-state index contributed by atoms with van der Waals surface area (Å²) >= 11 is 6.26. The minimum absolute atomic E-state index is 0.106. The van der Waals surface area contributed by atoms with Gasteiger partial charge in [-0.3, -0.25) is 9.89 Å². The van der Waals surface area contributed by atoms with Crippen LogP contribution in [0.15, 0.2) is 36.9 Å². The number of carbonyl (C=O) groups is 1. The van der Waals surface area contributed by atoms with Crippen LogP contribution in [0.5, 0.6) is 0 Å². The Morgan fingerprint density at radius 3 is 2.93 bits per heavy atom. The summed E-state index contributed by atoms with van der Waals surface area (Å²) in [6.45, 7) is 1.55. The van der Waals surface area contributed by atoms with E-state index in [0.717, 1.165) is 16.5 Å². The third kappa shape index (κ3) is 3.90. The van der Waals surface area contributed by atoms with Gasteiger partial charge in [0.1, 0.15) is 5.82 Å². The lowest BCUT2D eigenvalue weighted by atomic mass is 10.1. The van der Waals surface area contributed by atoms with Gasteiger partial charge in [-0.15, -0.1) is 0 Å². The highest BCUT2D eigenvalue weighted by Gasteiger charge is 2.18. The number of benzene rings is 1. The molecule has 10 heteroatoms. The third-order valence-corrected chi connectivity index (χ3v) is 4.14. The van der Waals surface area contributed by atoms with Crippen molar-refractivity contribution in [3.05, 3.63) is 41.9 Å². The molecular formula is C17H20ClN7O2. The summed E-state index contributed by atoms with van der Waals surface area (Å²) < 4.78 is 1.71. The minimum Gasteiger partial charge on any atom is -0.394 e. The smallest absolute Gasteiger partial charge is 0.221 e. The van der Waals surface area contributed by atoms with Crippen LogP contribution in [0, 0.1) is 0 Å². The number of nitrogens with zero attached hydrogens (tertiary/aromatic N) is 3. The third-order valence-electron chi connectivity index (χ3n) is 3.92. The molecular weight excluding hydrogens is 370 g/mol. The van der Waals surface area contributed by atoms with Crippen LogP contribution in [-0.2, 0) is 4.79 Å². The summed E-state index contributed by atoms with van der Waals surface area (Å²) in [6, 6.07) is 3.43. The normalized spacial score (nSPS) is 11.8. The fraction of sp³-hybridized carbons (Fsp3) is 0.176. The van der Waals surface area contributed by atoms with E-state index in [2.05, 4.69) is 15.5 Å². The molecule has 0 saturated heterocycles. The number of rotatable bonds is 6. The summed E-state index contributed by atoms with van der Waals surface area (Å²) in [6.07, 6.45) is 6.74. The van der Waals surface area contributed by atoms with Gasteiger partial charge < -0.3 is 25.7 Å². The summed E-state index contributed by atoms with van der Waals surface area (Å²) in [7, 11) is 0. The molecule has 2 heterocycles. The summed E-state index contributed by atoms with van der Waals surface area (Å²) in [5, 5.41) is 21.1. The first-order valence-corrected chi connectivity index (χ1v) is 8.49. The highest BCUT2D eigenvalue weighted by Crippen LogP contribution is 2.38. The Kier molecular flexibility index (Phi) is 5.36. The average molecular weight is 390 g/mol. The summed E-state index contributed by atoms with van der Waals surface area (Å²) in [4.78, 5) is 11.7. The number of nitrogens with one attached hydrogen (secondary N) is 2. The van der Waals surface area contributed by atoms with E-state index >= 15 is 0 Å². The van der Waals surface area contributed by atoms with Crippen LogP contribution in [0.3, 0.4) is 0 Å². The molecule has 0 atom stereocenters. The van der Waals surface area contributed by atoms with Gasteiger partial charge in [0.2, 0.25) is 5.91 Å². The fourth-order valence-corrected chi connectivity index (χ4v) is 3.07. The molecule has 0 saturated carbocycles. The Labute approximate surface area is 160 Å². The zero-order valence-corrected chi connectivity index (χ0v) is 15.4.